The lowest BCUT2D eigenvalue weighted by Gasteiger charge is -2.38. The van der Waals surface area contributed by atoms with E-state index in [1.165, 1.54) is 10.3 Å². The summed E-state index contributed by atoms with van der Waals surface area (Å²) in [6.45, 7) is 8.90. The van der Waals surface area contributed by atoms with E-state index >= 15 is 0 Å². The molecule has 0 saturated carbocycles. The van der Waals surface area contributed by atoms with Gasteiger partial charge in [0, 0.05) is 30.4 Å². The Morgan fingerprint density at radius 3 is 2.69 bits per heavy atom. The lowest BCUT2D eigenvalue weighted by Crippen LogP contribution is -2.40. The molecule has 35 heavy (non-hydrogen) atoms. The first-order valence-electron chi connectivity index (χ1n) is 12.3. The minimum Gasteiger partial charge on any atom is -0.459 e. The fraction of sp³-hybridized carbons (Fsp3) is 0.429. The molecule has 0 bridgehead atoms. The summed E-state index contributed by atoms with van der Waals surface area (Å²) in [7, 11) is 0. The Labute approximate surface area is 211 Å². The minimum atomic E-state index is -0.505. The number of nitrogens with one attached hydrogen (secondary N) is 1. The Morgan fingerprint density at radius 2 is 2.00 bits per heavy atom. The van der Waals surface area contributed by atoms with Gasteiger partial charge in [-0.1, -0.05) is 19.9 Å². The fourth-order valence-electron chi connectivity index (χ4n) is 4.57. The van der Waals surface area contributed by atoms with Crippen molar-refractivity contribution >= 4 is 33.1 Å². The van der Waals surface area contributed by atoms with Crippen molar-refractivity contribution in [2.75, 3.05) is 18.5 Å². The third-order valence-corrected chi connectivity index (χ3v) is 7.45. The number of amides is 1. The summed E-state index contributed by atoms with van der Waals surface area (Å²) in [6, 6.07) is 14.0. The van der Waals surface area contributed by atoms with Crippen LogP contribution in [0.1, 0.15) is 39.2 Å². The predicted octanol–water partition coefficient (Wildman–Crippen LogP) is 6.15. The molecule has 1 aliphatic heterocycles. The number of allylic oxidation sites excluding steroid dienone is 1. The second-order valence-corrected chi connectivity index (χ2v) is 10.4. The number of ether oxygens (including phenoxy) is 2. The number of hydrogen-bond donors (Lipinski definition) is 2. The monoisotopic (exact) mass is 494 g/mol. The molecule has 3 aromatic rings. The third kappa shape index (κ3) is 5.92. The van der Waals surface area contributed by atoms with Gasteiger partial charge in [0.1, 0.15) is 5.01 Å². The van der Waals surface area contributed by atoms with Gasteiger partial charge in [-0.05, 0) is 86.6 Å². The number of hydrogen-bond acceptors (Lipinski definition) is 6. The molecule has 1 aliphatic rings. The van der Waals surface area contributed by atoms with Gasteiger partial charge in [-0.15, -0.1) is 11.3 Å². The number of aryl methyl sites for hydroxylation is 1. The number of carbonyl (C=O) groups excluding carboxylic acids is 1. The van der Waals surface area contributed by atoms with Crippen molar-refractivity contribution in [3.05, 3.63) is 59.9 Å². The topological polar surface area (TPSA) is 80.7 Å². The van der Waals surface area contributed by atoms with Gasteiger partial charge >= 0.3 is 0 Å². The molecule has 4 rings (SSSR count). The molecule has 6 nitrogen and oxygen atoms in total. The van der Waals surface area contributed by atoms with E-state index in [1.807, 2.05) is 43.3 Å². The van der Waals surface area contributed by atoms with Crippen LogP contribution in [0.25, 0.3) is 20.8 Å². The number of carbonyl (C=O) groups is 1. The summed E-state index contributed by atoms with van der Waals surface area (Å²) in [6.07, 6.45) is 2.88. The predicted molar refractivity (Wildman–Crippen MR) is 141 cm³/mol. The van der Waals surface area contributed by atoms with E-state index in [2.05, 4.69) is 38.2 Å². The SMILES string of the molecule is CCO[C@@H]1OC(C(=O)Nc2ccc(-c3nc4ccc(C)cc4s3)cc2)=C[C@H](C(C)C)[C@@H]1CCCO. The summed E-state index contributed by atoms with van der Waals surface area (Å²) in [5.74, 6) is 0.524. The Balaban J connectivity index is 1.49. The molecule has 1 amide bonds. The number of anilines is 1. The summed E-state index contributed by atoms with van der Waals surface area (Å²) in [5, 5.41) is 13.2. The average molecular weight is 495 g/mol. The van der Waals surface area contributed by atoms with Gasteiger partial charge in [-0.25, -0.2) is 4.98 Å². The zero-order valence-electron chi connectivity index (χ0n) is 20.8. The van der Waals surface area contributed by atoms with Gasteiger partial charge in [0.05, 0.1) is 10.2 Å². The molecule has 2 heterocycles. The van der Waals surface area contributed by atoms with Crippen molar-refractivity contribution in [1.82, 2.24) is 4.98 Å². The first-order valence-corrected chi connectivity index (χ1v) is 13.1. The molecule has 0 unspecified atom stereocenters. The second kappa shape index (κ2) is 11.3. The summed E-state index contributed by atoms with van der Waals surface area (Å²) >= 11 is 1.66. The minimum absolute atomic E-state index is 0.0931. The Hall–Kier alpha value is -2.74. The van der Waals surface area contributed by atoms with E-state index in [0.717, 1.165) is 22.5 Å². The number of benzene rings is 2. The van der Waals surface area contributed by atoms with Crippen molar-refractivity contribution in [1.29, 1.82) is 0 Å². The highest BCUT2D eigenvalue weighted by atomic mass is 32.1. The van der Waals surface area contributed by atoms with Crippen molar-refractivity contribution in [3.63, 3.8) is 0 Å². The van der Waals surface area contributed by atoms with Gasteiger partial charge < -0.3 is 19.9 Å². The van der Waals surface area contributed by atoms with Crippen LogP contribution in [0.15, 0.2) is 54.3 Å². The van der Waals surface area contributed by atoms with Gasteiger partial charge in [0.2, 0.25) is 6.29 Å². The maximum Gasteiger partial charge on any atom is 0.290 e. The average Bonchev–Trinajstić information content (AvgIpc) is 3.26. The maximum atomic E-state index is 13.1. The van der Waals surface area contributed by atoms with Crippen LogP contribution in [0.4, 0.5) is 5.69 Å². The van der Waals surface area contributed by atoms with Gasteiger partial charge in [0.25, 0.3) is 5.91 Å². The van der Waals surface area contributed by atoms with E-state index in [9.17, 15) is 9.90 Å². The Bertz CT molecular complexity index is 1190. The van der Waals surface area contributed by atoms with E-state index < -0.39 is 6.29 Å². The highest BCUT2D eigenvalue weighted by molar-refractivity contribution is 7.21. The van der Waals surface area contributed by atoms with Crippen molar-refractivity contribution in [3.8, 4) is 10.6 Å². The lowest BCUT2D eigenvalue weighted by molar-refractivity contribution is -0.173. The molecule has 1 aromatic heterocycles. The van der Waals surface area contributed by atoms with Crippen LogP contribution < -0.4 is 5.32 Å². The number of thiazole rings is 1. The first kappa shape index (κ1) is 25.4. The van der Waals surface area contributed by atoms with E-state index in [-0.39, 0.29) is 30.1 Å². The van der Waals surface area contributed by atoms with Gasteiger partial charge in [0.15, 0.2) is 5.76 Å². The largest absolute Gasteiger partial charge is 0.459 e. The number of rotatable bonds is 9. The molecule has 0 fully saturated rings. The highest BCUT2D eigenvalue weighted by Crippen LogP contribution is 2.37. The zero-order valence-corrected chi connectivity index (χ0v) is 21.6. The lowest BCUT2D eigenvalue weighted by atomic mass is 9.78. The van der Waals surface area contributed by atoms with Crippen LogP contribution in [-0.2, 0) is 14.3 Å². The molecule has 2 N–H and O–H groups in total. The molecule has 2 aromatic carbocycles. The molecule has 0 radical (unpaired) electrons. The van der Waals surface area contributed by atoms with E-state index in [1.54, 1.807) is 11.3 Å². The fourth-order valence-corrected chi connectivity index (χ4v) is 5.64. The van der Waals surface area contributed by atoms with Gasteiger partial charge in [-0.2, -0.15) is 0 Å². The van der Waals surface area contributed by atoms with Crippen molar-refractivity contribution in [2.24, 2.45) is 17.8 Å². The summed E-state index contributed by atoms with van der Waals surface area (Å²) in [4.78, 5) is 17.8. The van der Waals surface area contributed by atoms with Crippen LogP contribution in [0.3, 0.4) is 0 Å². The molecule has 7 heteroatoms. The van der Waals surface area contributed by atoms with Gasteiger partial charge in [-0.3, -0.25) is 4.79 Å². The number of aliphatic hydroxyl groups excluding tert-OH is 1. The highest BCUT2D eigenvalue weighted by Gasteiger charge is 2.38. The number of fused-ring (bicyclic) bond motifs is 1. The summed E-state index contributed by atoms with van der Waals surface area (Å²) in [5.41, 5.74) is 3.92. The molecular formula is C28H34N2O4S. The Kier molecular flexibility index (Phi) is 8.21. The van der Waals surface area contributed by atoms with Crippen molar-refractivity contribution < 1.29 is 19.4 Å². The van der Waals surface area contributed by atoms with E-state index in [4.69, 9.17) is 14.5 Å². The zero-order chi connectivity index (χ0) is 24.9. The van der Waals surface area contributed by atoms with Crippen LogP contribution in [0.5, 0.6) is 0 Å². The Morgan fingerprint density at radius 1 is 1.23 bits per heavy atom. The molecule has 0 aliphatic carbocycles. The summed E-state index contributed by atoms with van der Waals surface area (Å²) < 4.78 is 13.1. The number of aliphatic hydroxyl groups is 1. The normalized spacial score (nSPS) is 20.1. The first-order chi connectivity index (χ1) is 16.9. The number of nitrogens with zero attached hydrogens (tertiary/aromatic N) is 1. The molecular weight excluding hydrogens is 460 g/mol. The number of aromatic nitrogens is 1. The molecule has 186 valence electrons. The van der Waals surface area contributed by atoms with Crippen molar-refractivity contribution in [2.45, 2.75) is 46.8 Å². The quantitative estimate of drug-likeness (QED) is 0.373. The second-order valence-electron chi connectivity index (χ2n) is 9.35. The van der Waals surface area contributed by atoms with Crippen LogP contribution in [0.2, 0.25) is 0 Å². The third-order valence-electron chi connectivity index (χ3n) is 6.38. The van der Waals surface area contributed by atoms with Crippen LogP contribution in [0, 0.1) is 24.7 Å². The van der Waals surface area contributed by atoms with Crippen LogP contribution in [-0.4, -0.2) is 35.5 Å². The maximum absolute atomic E-state index is 13.1. The van der Waals surface area contributed by atoms with E-state index in [0.29, 0.717) is 24.6 Å². The van der Waals surface area contributed by atoms with Crippen LogP contribution >= 0.6 is 11.3 Å². The molecule has 3 atom stereocenters. The standard InChI is InChI=1S/C28H34N2O4S/c1-5-33-28-21(7-6-14-31)22(17(2)3)16-24(34-28)26(32)29-20-11-9-19(10-12-20)27-30-23-13-8-18(4)15-25(23)35-27/h8-13,15-17,21-22,28,31H,5-7,14H2,1-4H3,(H,29,32)/t21-,22+,28+/m0/s1. The molecule has 0 saturated heterocycles. The molecule has 0 spiro atoms. The smallest absolute Gasteiger partial charge is 0.290 e.